The molecule has 2 aromatic heterocycles. The number of aromatic nitrogens is 2. The van der Waals surface area contributed by atoms with Crippen molar-refractivity contribution in [2.75, 3.05) is 19.7 Å². The highest BCUT2D eigenvalue weighted by molar-refractivity contribution is 5.80. The van der Waals surface area contributed by atoms with Gasteiger partial charge in [-0.25, -0.2) is 4.98 Å². The molecule has 1 fully saturated rings. The van der Waals surface area contributed by atoms with Gasteiger partial charge in [0.2, 0.25) is 0 Å². The number of amides is 1. The molecule has 1 aliphatic rings. The average molecular weight is 428 g/mol. The van der Waals surface area contributed by atoms with E-state index in [0.717, 1.165) is 43.1 Å². The van der Waals surface area contributed by atoms with Gasteiger partial charge in [-0.15, -0.1) is 0 Å². The number of hydrogen-bond acceptors (Lipinski definition) is 4. The SMILES string of the molecule is O=C(COc1ccc(Oc2ccccc2)cc1)N1CCC(c2c[nH]c3ncccc23)CC1. The maximum Gasteiger partial charge on any atom is 0.260 e. The molecule has 0 aliphatic carbocycles. The largest absolute Gasteiger partial charge is 0.484 e. The number of fused-ring (bicyclic) bond motifs is 1. The number of ether oxygens (including phenoxy) is 2. The Morgan fingerprint density at radius 3 is 2.44 bits per heavy atom. The molecule has 6 nitrogen and oxygen atoms in total. The van der Waals surface area contributed by atoms with Crippen LogP contribution in [0.15, 0.2) is 79.1 Å². The van der Waals surface area contributed by atoms with Crippen molar-refractivity contribution in [3.8, 4) is 17.2 Å². The molecule has 3 heterocycles. The number of carbonyl (C=O) groups is 1. The van der Waals surface area contributed by atoms with Crippen LogP contribution in [0.3, 0.4) is 0 Å². The molecule has 32 heavy (non-hydrogen) atoms. The first kappa shape index (κ1) is 20.1. The third-order valence-electron chi connectivity index (χ3n) is 5.94. The Morgan fingerprint density at radius 1 is 0.938 bits per heavy atom. The second kappa shape index (κ2) is 9.14. The number of rotatable bonds is 6. The number of carbonyl (C=O) groups excluding carboxylic acids is 1. The van der Waals surface area contributed by atoms with Crippen molar-refractivity contribution in [1.29, 1.82) is 0 Å². The summed E-state index contributed by atoms with van der Waals surface area (Å²) < 4.78 is 11.5. The van der Waals surface area contributed by atoms with Crippen LogP contribution in [0.25, 0.3) is 11.0 Å². The minimum absolute atomic E-state index is 0.0219. The number of hydrogen-bond donors (Lipinski definition) is 1. The Hall–Kier alpha value is -3.80. The number of likely N-dealkylation sites (tertiary alicyclic amines) is 1. The summed E-state index contributed by atoms with van der Waals surface area (Å²) in [5.74, 6) is 2.62. The zero-order valence-electron chi connectivity index (χ0n) is 17.7. The molecule has 5 rings (SSSR count). The Kier molecular flexibility index (Phi) is 5.75. The third kappa shape index (κ3) is 4.44. The summed E-state index contributed by atoms with van der Waals surface area (Å²) in [6.45, 7) is 1.52. The minimum Gasteiger partial charge on any atom is -0.484 e. The number of benzene rings is 2. The first-order chi connectivity index (χ1) is 15.8. The predicted molar refractivity (Wildman–Crippen MR) is 123 cm³/mol. The summed E-state index contributed by atoms with van der Waals surface area (Å²) in [4.78, 5) is 22.2. The van der Waals surface area contributed by atoms with Gasteiger partial charge in [-0.1, -0.05) is 18.2 Å². The fourth-order valence-electron chi connectivity index (χ4n) is 4.22. The normalized spacial score (nSPS) is 14.4. The van der Waals surface area contributed by atoms with Crippen LogP contribution in [-0.4, -0.2) is 40.5 Å². The van der Waals surface area contributed by atoms with E-state index in [1.807, 2.05) is 65.6 Å². The Bertz CT molecular complexity index is 1180. The highest BCUT2D eigenvalue weighted by Crippen LogP contribution is 2.32. The van der Waals surface area contributed by atoms with E-state index in [0.29, 0.717) is 11.7 Å². The molecule has 2 aromatic carbocycles. The van der Waals surface area contributed by atoms with Gasteiger partial charge in [0.1, 0.15) is 22.9 Å². The molecule has 1 aliphatic heterocycles. The number of para-hydroxylation sites is 1. The smallest absolute Gasteiger partial charge is 0.260 e. The van der Waals surface area contributed by atoms with E-state index in [1.165, 1.54) is 10.9 Å². The molecule has 0 bridgehead atoms. The van der Waals surface area contributed by atoms with E-state index < -0.39 is 0 Å². The molecule has 0 atom stereocenters. The molecule has 1 amide bonds. The van der Waals surface area contributed by atoms with Crippen molar-refractivity contribution in [1.82, 2.24) is 14.9 Å². The minimum atomic E-state index is 0.0219. The summed E-state index contributed by atoms with van der Waals surface area (Å²) >= 11 is 0. The summed E-state index contributed by atoms with van der Waals surface area (Å²) in [5.41, 5.74) is 2.23. The summed E-state index contributed by atoms with van der Waals surface area (Å²) in [5, 5.41) is 1.18. The third-order valence-corrected chi connectivity index (χ3v) is 5.94. The van der Waals surface area contributed by atoms with E-state index in [-0.39, 0.29) is 12.5 Å². The zero-order chi connectivity index (χ0) is 21.8. The second-order valence-corrected chi connectivity index (χ2v) is 7.97. The van der Waals surface area contributed by atoms with Gasteiger partial charge in [-0.3, -0.25) is 4.79 Å². The van der Waals surface area contributed by atoms with E-state index in [4.69, 9.17) is 9.47 Å². The van der Waals surface area contributed by atoms with Gasteiger partial charge < -0.3 is 19.4 Å². The van der Waals surface area contributed by atoms with Gasteiger partial charge in [-0.05, 0) is 72.9 Å². The van der Waals surface area contributed by atoms with Gasteiger partial charge in [0.15, 0.2) is 6.61 Å². The van der Waals surface area contributed by atoms with Crippen LogP contribution >= 0.6 is 0 Å². The van der Waals surface area contributed by atoms with Crippen molar-refractivity contribution in [2.24, 2.45) is 0 Å². The van der Waals surface area contributed by atoms with Crippen LogP contribution in [0.4, 0.5) is 0 Å². The fourth-order valence-corrected chi connectivity index (χ4v) is 4.22. The molecule has 1 saturated heterocycles. The lowest BCUT2D eigenvalue weighted by Crippen LogP contribution is -2.40. The molecule has 4 aromatic rings. The number of H-pyrrole nitrogens is 1. The molecule has 0 unspecified atom stereocenters. The molecule has 0 spiro atoms. The molecule has 0 radical (unpaired) electrons. The maximum absolute atomic E-state index is 12.6. The van der Waals surface area contributed by atoms with Crippen molar-refractivity contribution in [3.63, 3.8) is 0 Å². The van der Waals surface area contributed by atoms with E-state index >= 15 is 0 Å². The van der Waals surface area contributed by atoms with Crippen LogP contribution in [-0.2, 0) is 4.79 Å². The summed E-state index contributed by atoms with van der Waals surface area (Å²) in [6.07, 6.45) is 5.75. The highest BCUT2D eigenvalue weighted by atomic mass is 16.5. The van der Waals surface area contributed by atoms with Crippen LogP contribution < -0.4 is 9.47 Å². The summed E-state index contributed by atoms with van der Waals surface area (Å²) in [6, 6.07) is 21.0. The van der Waals surface area contributed by atoms with Gasteiger partial charge >= 0.3 is 0 Å². The van der Waals surface area contributed by atoms with E-state index in [9.17, 15) is 4.79 Å². The highest BCUT2D eigenvalue weighted by Gasteiger charge is 2.25. The zero-order valence-corrected chi connectivity index (χ0v) is 17.7. The summed E-state index contributed by atoms with van der Waals surface area (Å²) in [7, 11) is 0. The Morgan fingerprint density at radius 2 is 1.66 bits per heavy atom. The average Bonchev–Trinajstić information content (AvgIpc) is 3.28. The second-order valence-electron chi connectivity index (χ2n) is 7.97. The maximum atomic E-state index is 12.6. The van der Waals surface area contributed by atoms with Crippen molar-refractivity contribution in [2.45, 2.75) is 18.8 Å². The molecule has 6 heteroatoms. The number of pyridine rings is 1. The predicted octanol–water partition coefficient (Wildman–Crippen LogP) is 5.14. The number of nitrogens with zero attached hydrogens (tertiary/aromatic N) is 2. The first-order valence-electron chi connectivity index (χ1n) is 10.9. The quantitative estimate of drug-likeness (QED) is 0.463. The lowest BCUT2D eigenvalue weighted by molar-refractivity contribution is -0.134. The van der Waals surface area contributed by atoms with Crippen LogP contribution in [0.5, 0.6) is 17.2 Å². The topological polar surface area (TPSA) is 67.5 Å². The van der Waals surface area contributed by atoms with Gasteiger partial charge in [0, 0.05) is 30.9 Å². The molecule has 1 N–H and O–H groups in total. The van der Waals surface area contributed by atoms with E-state index in [2.05, 4.69) is 22.2 Å². The molecule has 162 valence electrons. The van der Waals surface area contributed by atoms with Crippen LogP contribution in [0.2, 0.25) is 0 Å². The Labute approximate surface area is 186 Å². The first-order valence-corrected chi connectivity index (χ1v) is 10.9. The lowest BCUT2D eigenvalue weighted by Gasteiger charge is -2.32. The monoisotopic (exact) mass is 427 g/mol. The van der Waals surface area contributed by atoms with Gasteiger partial charge in [0.05, 0.1) is 0 Å². The standard InChI is InChI=1S/C26H25N3O3/c30-25(18-31-20-8-10-22(11-9-20)32-21-5-2-1-3-6-21)29-15-12-19(13-16-29)24-17-28-26-23(24)7-4-14-27-26/h1-11,14,17,19H,12-13,15-16,18H2,(H,27,28). The Balaban J connectivity index is 1.11. The van der Waals surface area contributed by atoms with Crippen molar-refractivity contribution < 1.29 is 14.3 Å². The molecular formula is C26H25N3O3. The van der Waals surface area contributed by atoms with E-state index in [1.54, 1.807) is 6.20 Å². The molecule has 0 saturated carbocycles. The van der Waals surface area contributed by atoms with Crippen LogP contribution in [0, 0.1) is 0 Å². The molecular weight excluding hydrogens is 402 g/mol. The lowest BCUT2D eigenvalue weighted by atomic mass is 9.89. The van der Waals surface area contributed by atoms with Gasteiger partial charge in [-0.2, -0.15) is 0 Å². The number of nitrogens with one attached hydrogen (secondary N) is 1. The van der Waals surface area contributed by atoms with Crippen molar-refractivity contribution in [3.05, 3.63) is 84.7 Å². The van der Waals surface area contributed by atoms with Crippen LogP contribution in [0.1, 0.15) is 24.3 Å². The number of aromatic amines is 1. The van der Waals surface area contributed by atoms with Gasteiger partial charge in [0.25, 0.3) is 5.91 Å². The van der Waals surface area contributed by atoms with Crippen molar-refractivity contribution >= 4 is 16.9 Å². The number of piperidine rings is 1. The fraction of sp³-hybridized carbons (Fsp3) is 0.231.